The summed E-state index contributed by atoms with van der Waals surface area (Å²) in [5.41, 5.74) is -0.0757. The summed E-state index contributed by atoms with van der Waals surface area (Å²) in [6.45, 7) is 7.47. The highest BCUT2D eigenvalue weighted by Crippen LogP contribution is 2.10. The normalized spacial score (nSPS) is 11.3. The number of aliphatic hydroxyl groups excluding tert-OH is 1. The number of carboxylic acid groups (broad SMARTS) is 1. The Morgan fingerprint density at radius 3 is 2.45 bits per heavy atom. The second-order valence-corrected chi connectivity index (χ2v) is 5.92. The molecular formula is C14H23N3O5. The molecule has 124 valence electrons. The number of amides is 1. The van der Waals surface area contributed by atoms with Crippen LogP contribution in [0.1, 0.15) is 36.8 Å². The van der Waals surface area contributed by atoms with Gasteiger partial charge in [0.2, 0.25) is 0 Å². The lowest BCUT2D eigenvalue weighted by Crippen LogP contribution is -2.40. The van der Waals surface area contributed by atoms with Gasteiger partial charge in [-0.05, 0) is 27.7 Å². The largest absolute Gasteiger partial charge is 0.476 e. The Morgan fingerprint density at radius 2 is 2.00 bits per heavy atom. The number of carbonyl (C=O) groups is 2. The molecule has 0 aliphatic rings. The fourth-order valence-corrected chi connectivity index (χ4v) is 1.81. The minimum Gasteiger partial charge on any atom is -0.476 e. The van der Waals surface area contributed by atoms with Crippen molar-refractivity contribution in [2.24, 2.45) is 0 Å². The molecular weight excluding hydrogens is 290 g/mol. The first-order chi connectivity index (χ1) is 10.1. The van der Waals surface area contributed by atoms with Gasteiger partial charge in [-0.25, -0.2) is 9.59 Å². The molecule has 0 spiro atoms. The molecule has 0 radical (unpaired) electrons. The van der Waals surface area contributed by atoms with Crippen LogP contribution in [0.3, 0.4) is 0 Å². The van der Waals surface area contributed by atoms with Crippen LogP contribution in [0.25, 0.3) is 0 Å². The van der Waals surface area contributed by atoms with Crippen LogP contribution in [0.4, 0.5) is 4.79 Å². The zero-order valence-electron chi connectivity index (χ0n) is 13.4. The summed E-state index contributed by atoms with van der Waals surface area (Å²) in [7, 11) is 0. The highest BCUT2D eigenvalue weighted by Gasteiger charge is 2.22. The van der Waals surface area contributed by atoms with Crippen LogP contribution >= 0.6 is 0 Å². The molecule has 0 saturated carbocycles. The topological polar surface area (TPSA) is 105 Å². The molecule has 0 unspecified atom stereocenters. The number of carboxylic acids is 1. The molecule has 1 amide bonds. The Bertz CT molecular complexity index is 533. The predicted molar refractivity (Wildman–Crippen MR) is 78.8 cm³/mol. The lowest BCUT2D eigenvalue weighted by atomic mass is 10.2. The van der Waals surface area contributed by atoms with Crippen molar-refractivity contribution in [2.45, 2.75) is 39.8 Å². The monoisotopic (exact) mass is 313 g/mol. The number of carbonyl (C=O) groups excluding carboxylic acids is 1. The quantitative estimate of drug-likeness (QED) is 0.815. The van der Waals surface area contributed by atoms with Gasteiger partial charge in [-0.1, -0.05) is 0 Å². The SMILES string of the molecule is Cc1cn(CCN(CCO)C(=O)OC(C)(C)C)nc1C(=O)O. The van der Waals surface area contributed by atoms with Crippen LogP contribution in [-0.2, 0) is 11.3 Å². The summed E-state index contributed by atoms with van der Waals surface area (Å²) in [6.07, 6.45) is 1.08. The predicted octanol–water partition coefficient (Wildman–Crippen LogP) is 1.12. The molecule has 1 heterocycles. The lowest BCUT2D eigenvalue weighted by molar-refractivity contribution is 0.0210. The molecule has 0 aliphatic heterocycles. The molecule has 1 aromatic rings. The van der Waals surface area contributed by atoms with Gasteiger partial charge in [0, 0.05) is 24.8 Å². The summed E-state index contributed by atoms with van der Waals surface area (Å²) in [5, 5.41) is 22.0. The molecule has 8 nitrogen and oxygen atoms in total. The molecule has 0 atom stereocenters. The number of aryl methyl sites for hydroxylation is 1. The van der Waals surface area contributed by atoms with E-state index in [0.29, 0.717) is 12.1 Å². The van der Waals surface area contributed by atoms with Crippen LogP contribution < -0.4 is 0 Å². The molecule has 22 heavy (non-hydrogen) atoms. The average molecular weight is 313 g/mol. The van der Waals surface area contributed by atoms with E-state index < -0.39 is 17.7 Å². The van der Waals surface area contributed by atoms with Crippen molar-refractivity contribution >= 4 is 12.1 Å². The van der Waals surface area contributed by atoms with E-state index in [1.165, 1.54) is 9.58 Å². The zero-order valence-corrected chi connectivity index (χ0v) is 13.4. The smallest absolute Gasteiger partial charge is 0.410 e. The fraction of sp³-hybridized carbons (Fsp3) is 0.643. The Morgan fingerprint density at radius 1 is 1.36 bits per heavy atom. The van der Waals surface area contributed by atoms with Crippen molar-refractivity contribution in [3.8, 4) is 0 Å². The Kier molecular flexibility index (Phi) is 5.92. The lowest BCUT2D eigenvalue weighted by Gasteiger charge is -2.26. The van der Waals surface area contributed by atoms with E-state index in [1.807, 2.05) is 0 Å². The van der Waals surface area contributed by atoms with Gasteiger partial charge in [0.25, 0.3) is 0 Å². The van der Waals surface area contributed by atoms with Gasteiger partial charge < -0.3 is 19.8 Å². The maximum absolute atomic E-state index is 12.0. The first-order valence-electron chi connectivity index (χ1n) is 7.00. The van der Waals surface area contributed by atoms with Crippen molar-refractivity contribution in [1.82, 2.24) is 14.7 Å². The second-order valence-electron chi connectivity index (χ2n) is 5.92. The van der Waals surface area contributed by atoms with Gasteiger partial charge in [-0.2, -0.15) is 5.10 Å². The molecule has 0 fully saturated rings. The first kappa shape index (κ1) is 18.0. The second kappa shape index (κ2) is 7.26. The summed E-state index contributed by atoms with van der Waals surface area (Å²) >= 11 is 0. The summed E-state index contributed by atoms with van der Waals surface area (Å²) in [4.78, 5) is 24.3. The van der Waals surface area contributed by atoms with Crippen LogP contribution in [0, 0.1) is 6.92 Å². The maximum Gasteiger partial charge on any atom is 0.410 e. The standard InChI is InChI=1S/C14H23N3O5/c1-10-9-17(15-11(10)12(19)20)6-5-16(7-8-18)13(21)22-14(2,3)4/h9,18H,5-8H2,1-4H3,(H,19,20). The number of aromatic carboxylic acids is 1. The molecule has 1 rings (SSSR count). The number of nitrogens with zero attached hydrogens (tertiary/aromatic N) is 3. The van der Waals surface area contributed by atoms with E-state index in [4.69, 9.17) is 14.9 Å². The van der Waals surface area contributed by atoms with Crippen molar-refractivity contribution in [1.29, 1.82) is 0 Å². The highest BCUT2D eigenvalue weighted by atomic mass is 16.6. The van der Waals surface area contributed by atoms with Gasteiger partial charge in [0.05, 0.1) is 13.2 Å². The number of aromatic nitrogens is 2. The third kappa shape index (κ3) is 5.36. The molecule has 1 aromatic heterocycles. The average Bonchev–Trinajstić information content (AvgIpc) is 2.73. The summed E-state index contributed by atoms with van der Waals surface area (Å²) < 4.78 is 6.73. The molecule has 0 aliphatic carbocycles. The maximum atomic E-state index is 12.0. The van der Waals surface area contributed by atoms with Crippen molar-refractivity contribution < 1.29 is 24.5 Å². The van der Waals surface area contributed by atoms with E-state index in [9.17, 15) is 9.59 Å². The Labute approximate surface area is 129 Å². The molecule has 8 heteroatoms. The van der Waals surface area contributed by atoms with Gasteiger partial charge in [0.1, 0.15) is 5.60 Å². The van der Waals surface area contributed by atoms with Crippen molar-refractivity contribution in [3.05, 3.63) is 17.5 Å². The number of rotatable bonds is 6. The van der Waals surface area contributed by atoms with Crippen LogP contribution in [0.5, 0.6) is 0 Å². The number of aliphatic hydroxyl groups is 1. The molecule has 0 bridgehead atoms. The van der Waals surface area contributed by atoms with Gasteiger partial charge >= 0.3 is 12.1 Å². The van der Waals surface area contributed by atoms with Gasteiger partial charge in [0.15, 0.2) is 5.69 Å². The van der Waals surface area contributed by atoms with Gasteiger partial charge in [-0.15, -0.1) is 0 Å². The minimum absolute atomic E-state index is 0.00836. The van der Waals surface area contributed by atoms with Crippen LogP contribution in [-0.4, -0.2) is 62.3 Å². The summed E-state index contributed by atoms with van der Waals surface area (Å²) in [5.74, 6) is -1.09. The first-order valence-corrected chi connectivity index (χ1v) is 7.00. The van der Waals surface area contributed by atoms with Crippen molar-refractivity contribution in [2.75, 3.05) is 19.7 Å². The zero-order chi connectivity index (χ0) is 16.9. The van der Waals surface area contributed by atoms with Gasteiger partial charge in [-0.3, -0.25) is 4.68 Å². The third-order valence-electron chi connectivity index (χ3n) is 2.77. The number of ether oxygens (including phenoxy) is 1. The molecule has 0 aromatic carbocycles. The van der Waals surface area contributed by atoms with E-state index in [-0.39, 0.29) is 25.4 Å². The highest BCUT2D eigenvalue weighted by molar-refractivity contribution is 5.86. The van der Waals surface area contributed by atoms with E-state index in [1.54, 1.807) is 33.9 Å². The van der Waals surface area contributed by atoms with Crippen molar-refractivity contribution in [3.63, 3.8) is 0 Å². The van der Waals surface area contributed by atoms with E-state index in [2.05, 4.69) is 5.10 Å². The van der Waals surface area contributed by atoms with E-state index in [0.717, 1.165) is 0 Å². The third-order valence-corrected chi connectivity index (χ3v) is 2.77. The molecule has 2 N–H and O–H groups in total. The fourth-order valence-electron chi connectivity index (χ4n) is 1.81. The van der Waals surface area contributed by atoms with E-state index >= 15 is 0 Å². The summed E-state index contributed by atoms with van der Waals surface area (Å²) in [6, 6.07) is 0. The molecule has 0 saturated heterocycles. The Hall–Kier alpha value is -2.09. The van der Waals surface area contributed by atoms with Crippen LogP contribution in [0.2, 0.25) is 0 Å². The number of hydrogen-bond donors (Lipinski definition) is 2. The minimum atomic E-state index is -1.09. The Balaban J connectivity index is 2.70. The number of hydrogen-bond acceptors (Lipinski definition) is 5. The van der Waals surface area contributed by atoms with Crippen LogP contribution in [0.15, 0.2) is 6.20 Å².